The highest BCUT2D eigenvalue weighted by Gasteiger charge is 2.29. The molecule has 0 bridgehead atoms. The van der Waals surface area contributed by atoms with Crippen LogP contribution in [0, 0.1) is 5.92 Å². The second-order valence-electron chi connectivity index (χ2n) is 7.14. The number of hydrogen-bond donors (Lipinski definition) is 2. The van der Waals surface area contributed by atoms with Crippen molar-refractivity contribution in [2.75, 3.05) is 24.7 Å². The molecule has 0 radical (unpaired) electrons. The summed E-state index contributed by atoms with van der Waals surface area (Å²) in [5, 5.41) is 14.0. The number of rotatable bonds is 4. The highest BCUT2D eigenvalue weighted by Crippen LogP contribution is 2.36. The van der Waals surface area contributed by atoms with Crippen molar-refractivity contribution in [3.05, 3.63) is 42.5 Å². The maximum atomic E-state index is 12.5. The van der Waals surface area contributed by atoms with Crippen molar-refractivity contribution in [3.63, 3.8) is 0 Å². The van der Waals surface area contributed by atoms with Crippen LogP contribution < -0.4 is 5.32 Å². The van der Waals surface area contributed by atoms with E-state index in [1.165, 1.54) is 28.0 Å². The normalized spacial score (nSPS) is 16.2. The summed E-state index contributed by atoms with van der Waals surface area (Å²) in [6.45, 7) is 0.692. The summed E-state index contributed by atoms with van der Waals surface area (Å²) < 4.78 is 25.6. The van der Waals surface area contributed by atoms with Gasteiger partial charge >= 0.3 is 0 Å². The van der Waals surface area contributed by atoms with Crippen LogP contribution in [-0.2, 0) is 14.8 Å². The van der Waals surface area contributed by atoms with Crippen LogP contribution in [0.2, 0.25) is 0 Å². The van der Waals surface area contributed by atoms with Gasteiger partial charge in [-0.2, -0.15) is 0 Å². The van der Waals surface area contributed by atoms with E-state index in [4.69, 9.17) is 0 Å². The van der Waals surface area contributed by atoms with Crippen LogP contribution in [0.4, 0.5) is 5.69 Å². The van der Waals surface area contributed by atoms with Crippen molar-refractivity contribution in [2.45, 2.75) is 12.8 Å². The van der Waals surface area contributed by atoms with Gasteiger partial charge in [0.2, 0.25) is 15.9 Å². The van der Waals surface area contributed by atoms with Gasteiger partial charge in [0.25, 0.3) is 0 Å². The number of para-hydroxylation sites is 1. The van der Waals surface area contributed by atoms with Crippen LogP contribution in [-0.4, -0.2) is 48.1 Å². The number of fused-ring (bicyclic) bond motifs is 1. The Morgan fingerprint density at radius 3 is 2.59 bits per heavy atom. The van der Waals surface area contributed by atoms with E-state index in [1.54, 1.807) is 12.1 Å². The summed E-state index contributed by atoms with van der Waals surface area (Å²) in [6.07, 6.45) is 2.15. The summed E-state index contributed by atoms with van der Waals surface area (Å²) in [7, 11) is -3.22. The number of hydrogen-bond acceptors (Lipinski definition) is 6. The van der Waals surface area contributed by atoms with Gasteiger partial charge in [0.1, 0.15) is 10.8 Å². The lowest BCUT2D eigenvalue weighted by atomic mass is 9.97. The number of nitrogens with one attached hydrogen (secondary N) is 1. The lowest BCUT2D eigenvalue weighted by molar-refractivity contribution is -0.120. The number of sulfonamides is 1. The Bertz CT molecular complexity index is 1130. The number of piperidine rings is 1. The number of carbonyl (C=O) groups excluding carboxylic acids is 1. The van der Waals surface area contributed by atoms with Gasteiger partial charge in [-0.3, -0.25) is 4.79 Å². The molecule has 2 heterocycles. The first-order chi connectivity index (χ1) is 13.8. The molecule has 29 heavy (non-hydrogen) atoms. The first kappa shape index (κ1) is 19.8. The fourth-order valence-corrected chi connectivity index (χ4v) is 5.35. The molecule has 9 heteroatoms. The quantitative estimate of drug-likeness (QED) is 0.660. The van der Waals surface area contributed by atoms with E-state index < -0.39 is 10.0 Å². The zero-order valence-electron chi connectivity index (χ0n) is 15.8. The summed E-state index contributed by atoms with van der Waals surface area (Å²) >= 11 is 1.50. The van der Waals surface area contributed by atoms with E-state index in [1.807, 2.05) is 24.3 Å². The minimum Gasteiger partial charge on any atom is -0.507 e. The molecule has 1 fully saturated rings. The third kappa shape index (κ3) is 4.26. The third-order valence-electron chi connectivity index (χ3n) is 5.08. The molecule has 152 valence electrons. The van der Waals surface area contributed by atoms with E-state index in [0.29, 0.717) is 37.2 Å². The number of aromatic nitrogens is 1. The van der Waals surface area contributed by atoms with Gasteiger partial charge in [0.15, 0.2) is 0 Å². The average molecular weight is 432 g/mol. The minimum atomic E-state index is -3.22. The number of amides is 1. The zero-order valence-corrected chi connectivity index (χ0v) is 17.5. The second kappa shape index (κ2) is 7.74. The maximum Gasteiger partial charge on any atom is 0.227 e. The van der Waals surface area contributed by atoms with E-state index in [9.17, 15) is 18.3 Å². The van der Waals surface area contributed by atoms with Crippen LogP contribution in [0.5, 0.6) is 5.75 Å². The van der Waals surface area contributed by atoms with Gasteiger partial charge in [0.05, 0.1) is 22.0 Å². The summed E-state index contributed by atoms with van der Waals surface area (Å²) in [5.41, 5.74) is 2.00. The predicted molar refractivity (Wildman–Crippen MR) is 114 cm³/mol. The Hall–Kier alpha value is -2.49. The van der Waals surface area contributed by atoms with Crippen LogP contribution in [0.3, 0.4) is 0 Å². The molecule has 2 aromatic carbocycles. The lowest BCUT2D eigenvalue weighted by Gasteiger charge is -2.29. The maximum absolute atomic E-state index is 12.5. The molecular formula is C20H21N3O4S2. The van der Waals surface area contributed by atoms with E-state index in [0.717, 1.165) is 15.2 Å². The summed E-state index contributed by atoms with van der Waals surface area (Å²) in [4.78, 5) is 17.1. The fourth-order valence-electron chi connectivity index (χ4n) is 3.47. The number of nitrogens with zero attached hydrogens (tertiary/aromatic N) is 2. The monoisotopic (exact) mass is 431 g/mol. The Morgan fingerprint density at radius 1 is 1.21 bits per heavy atom. The highest BCUT2D eigenvalue weighted by molar-refractivity contribution is 7.88. The number of aromatic hydroxyl groups is 1. The Morgan fingerprint density at radius 2 is 1.93 bits per heavy atom. The molecule has 1 aromatic heterocycles. The van der Waals surface area contributed by atoms with Gasteiger partial charge in [-0.1, -0.05) is 12.1 Å². The van der Waals surface area contributed by atoms with Gasteiger partial charge < -0.3 is 10.4 Å². The first-order valence-corrected chi connectivity index (χ1v) is 11.9. The summed E-state index contributed by atoms with van der Waals surface area (Å²) in [5.74, 6) is -0.363. The first-order valence-electron chi connectivity index (χ1n) is 9.26. The summed E-state index contributed by atoms with van der Waals surface area (Å²) in [6, 6.07) is 12.8. The molecule has 1 aliphatic rings. The van der Waals surface area contributed by atoms with E-state index in [2.05, 4.69) is 10.3 Å². The van der Waals surface area contributed by atoms with Crippen LogP contribution >= 0.6 is 11.3 Å². The van der Waals surface area contributed by atoms with Crippen molar-refractivity contribution >= 4 is 43.2 Å². The molecule has 1 saturated heterocycles. The second-order valence-corrected chi connectivity index (χ2v) is 10.2. The van der Waals surface area contributed by atoms with Crippen molar-refractivity contribution in [1.82, 2.24) is 9.29 Å². The van der Waals surface area contributed by atoms with Crippen molar-refractivity contribution in [2.24, 2.45) is 5.92 Å². The number of benzene rings is 2. The van der Waals surface area contributed by atoms with Gasteiger partial charge in [-0.15, -0.1) is 11.3 Å². The number of thiazole rings is 1. The predicted octanol–water partition coefficient (Wildman–Crippen LogP) is 3.28. The Labute approximate surface area is 173 Å². The minimum absolute atomic E-state index is 0.0498. The lowest BCUT2D eigenvalue weighted by Crippen LogP contribution is -2.40. The Kier molecular flexibility index (Phi) is 5.28. The van der Waals surface area contributed by atoms with E-state index >= 15 is 0 Å². The standard InChI is InChI=1S/C20H21N3O4S2/c1-29(26,27)23-10-8-13(9-11-23)19(25)21-14-6-7-15(17(24)12-14)20-22-16-4-2-3-5-18(16)28-20/h2-7,12-13,24H,8-11H2,1H3,(H,21,25). The molecule has 3 aromatic rings. The highest BCUT2D eigenvalue weighted by atomic mass is 32.2. The fraction of sp³-hybridized carbons (Fsp3) is 0.300. The van der Waals surface area contributed by atoms with Crippen LogP contribution in [0.1, 0.15) is 12.8 Å². The SMILES string of the molecule is CS(=O)(=O)N1CCC(C(=O)Nc2ccc(-c3nc4ccccc4s3)c(O)c2)CC1. The molecule has 7 nitrogen and oxygen atoms in total. The number of anilines is 1. The van der Waals surface area contributed by atoms with Crippen molar-refractivity contribution in [3.8, 4) is 16.3 Å². The number of carbonyl (C=O) groups is 1. The number of phenolic OH excluding ortho intramolecular Hbond substituents is 1. The van der Waals surface area contributed by atoms with Crippen LogP contribution in [0.15, 0.2) is 42.5 Å². The molecule has 0 atom stereocenters. The van der Waals surface area contributed by atoms with Gasteiger partial charge in [-0.05, 0) is 37.1 Å². The van der Waals surface area contributed by atoms with Crippen molar-refractivity contribution < 1.29 is 18.3 Å². The number of phenols is 1. The zero-order chi connectivity index (χ0) is 20.6. The Balaban J connectivity index is 1.45. The van der Waals surface area contributed by atoms with Gasteiger partial charge in [-0.25, -0.2) is 17.7 Å². The van der Waals surface area contributed by atoms with E-state index in [-0.39, 0.29) is 17.6 Å². The molecular weight excluding hydrogens is 410 g/mol. The molecule has 0 saturated carbocycles. The molecule has 0 spiro atoms. The van der Waals surface area contributed by atoms with Gasteiger partial charge in [0, 0.05) is 30.8 Å². The van der Waals surface area contributed by atoms with Crippen molar-refractivity contribution in [1.29, 1.82) is 0 Å². The topological polar surface area (TPSA) is 99.6 Å². The molecule has 2 N–H and O–H groups in total. The average Bonchev–Trinajstić information content (AvgIpc) is 3.11. The smallest absolute Gasteiger partial charge is 0.227 e. The molecule has 0 aliphatic carbocycles. The molecule has 0 unspecified atom stereocenters. The van der Waals surface area contributed by atoms with Crippen LogP contribution in [0.25, 0.3) is 20.8 Å². The molecule has 1 aliphatic heterocycles. The largest absolute Gasteiger partial charge is 0.507 e. The molecule has 4 rings (SSSR count). The third-order valence-corrected chi connectivity index (χ3v) is 7.46. The molecule has 1 amide bonds.